The molecule has 1 saturated heterocycles. The number of hydrogen-bond acceptors (Lipinski definition) is 3. The van der Waals surface area contributed by atoms with Gasteiger partial charge in [-0.2, -0.15) is 0 Å². The highest BCUT2D eigenvalue weighted by atomic mass is 32.2. The summed E-state index contributed by atoms with van der Waals surface area (Å²) in [6, 6.07) is 23.3. The second-order valence-electron chi connectivity index (χ2n) is 6.84. The molecule has 3 aromatic carbocycles. The van der Waals surface area contributed by atoms with E-state index in [1.54, 1.807) is 12.1 Å². The van der Waals surface area contributed by atoms with Gasteiger partial charge in [0.05, 0.1) is 4.90 Å². The van der Waals surface area contributed by atoms with Crippen LogP contribution in [0.2, 0.25) is 0 Å². The molecule has 0 amide bonds. The minimum atomic E-state index is -3.51. The van der Waals surface area contributed by atoms with Gasteiger partial charge in [-0.3, -0.25) is 4.90 Å². The van der Waals surface area contributed by atoms with Crippen molar-refractivity contribution in [3.05, 3.63) is 78.4 Å². The van der Waals surface area contributed by atoms with E-state index in [9.17, 15) is 8.42 Å². The largest absolute Gasteiger partial charge is 0.297 e. The van der Waals surface area contributed by atoms with Crippen molar-refractivity contribution in [2.45, 2.75) is 23.9 Å². The molecule has 0 saturated carbocycles. The van der Waals surface area contributed by atoms with E-state index in [1.807, 2.05) is 48.5 Å². The number of sulfonamides is 1. The Hall–Kier alpha value is -2.21. The van der Waals surface area contributed by atoms with Crippen LogP contribution in [0.4, 0.5) is 0 Å². The highest BCUT2D eigenvalue weighted by Crippen LogP contribution is 2.21. The van der Waals surface area contributed by atoms with E-state index in [0.29, 0.717) is 4.90 Å². The Morgan fingerprint density at radius 2 is 1.65 bits per heavy atom. The molecule has 134 valence electrons. The fourth-order valence-corrected chi connectivity index (χ4v) is 4.83. The molecule has 0 bridgehead atoms. The topological polar surface area (TPSA) is 49.4 Å². The highest BCUT2D eigenvalue weighted by Gasteiger charge is 2.27. The maximum atomic E-state index is 12.8. The number of nitrogens with one attached hydrogen (secondary N) is 1. The first-order valence-electron chi connectivity index (χ1n) is 8.88. The van der Waals surface area contributed by atoms with E-state index in [0.717, 1.165) is 36.8 Å². The summed E-state index contributed by atoms with van der Waals surface area (Å²) in [4.78, 5) is 2.63. The first-order chi connectivity index (χ1) is 12.6. The van der Waals surface area contributed by atoms with Crippen molar-refractivity contribution in [2.75, 3.05) is 13.1 Å². The van der Waals surface area contributed by atoms with E-state index < -0.39 is 10.0 Å². The minimum absolute atomic E-state index is 0.0461. The van der Waals surface area contributed by atoms with Crippen molar-refractivity contribution in [3.8, 4) is 0 Å². The molecule has 1 atom stereocenters. The van der Waals surface area contributed by atoms with Gasteiger partial charge in [-0.1, -0.05) is 60.7 Å². The molecule has 0 aromatic heterocycles. The first kappa shape index (κ1) is 17.2. The molecule has 0 radical (unpaired) electrons. The SMILES string of the molecule is O=S(=O)(NC1CCN(Cc2ccccc2)C1)c1ccc2ccccc2c1. The van der Waals surface area contributed by atoms with Gasteiger partial charge in [0, 0.05) is 25.7 Å². The average Bonchev–Trinajstić information content (AvgIpc) is 3.08. The Bertz CT molecular complexity index is 1000. The maximum absolute atomic E-state index is 12.8. The van der Waals surface area contributed by atoms with Crippen molar-refractivity contribution >= 4 is 20.8 Å². The lowest BCUT2D eigenvalue weighted by Crippen LogP contribution is -2.36. The number of fused-ring (bicyclic) bond motifs is 1. The van der Waals surface area contributed by atoms with Crippen LogP contribution in [0, 0.1) is 0 Å². The molecule has 0 aliphatic carbocycles. The third kappa shape index (κ3) is 3.80. The molecular formula is C21H22N2O2S. The highest BCUT2D eigenvalue weighted by molar-refractivity contribution is 7.89. The molecular weight excluding hydrogens is 344 g/mol. The Labute approximate surface area is 154 Å². The molecule has 1 heterocycles. The molecule has 5 heteroatoms. The molecule has 1 N–H and O–H groups in total. The average molecular weight is 366 g/mol. The summed E-state index contributed by atoms with van der Waals surface area (Å²) in [6.07, 6.45) is 0.833. The monoisotopic (exact) mass is 366 g/mol. The van der Waals surface area contributed by atoms with E-state index in [4.69, 9.17) is 0 Å². The summed E-state index contributed by atoms with van der Waals surface area (Å²) >= 11 is 0. The first-order valence-corrected chi connectivity index (χ1v) is 10.4. The Morgan fingerprint density at radius 3 is 2.46 bits per heavy atom. The summed E-state index contributed by atoms with van der Waals surface area (Å²) in [5.74, 6) is 0. The molecule has 26 heavy (non-hydrogen) atoms. The smallest absolute Gasteiger partial charge is 0.240 e. The second-order valence-corrected chi connectivity index (χ2v) is 8.55. The summed E-state index contributed by atoms with van der Waals surface area (Å²) in [6.45, 7) is 2.50. The van der Waals surface area contributed by atoms with Crippen molar-refractivity contribution in [1.82, 2.24) is 9.62 Å². The van der Waals surface area contributed by atoms with E-state index in [1.165, 1.54) is 5.56 Å². The standard InChI is InChI=1S/C21H22N2O2S/c24-26(25,21-11-10-18-8-4-5-9-19(18)14-21)22-20-12-13-23(16-20)15-17-6-2-1-3-7-17/h1-11,14,20,22H,12-13,15-16H2. The summed E-state index contributed by atoms with van der Waals surface area (Å²) < 4.78 is 28.4. The van der Waals surface area contributed by atoms with Crippen LogP contribution < -0.4 is 4.72 Å². The normalized spacial score (nSPS) is 18.4. The van der Waals surface area contributed by atoms with Gasteiger partial charge < -0.3 is 0 Å². The third-order valence-electron chi connectivity index (χ3n) is 4.87. The van der Waals surface area contributed by atoms with Crippen LogP contribution >= 0.6 is 0 Å². The van der Waals surface area contributed by atoms with Gasteiger partial charge in [-0.15, -0.1) is 0 Å². The van der Waals surface area contributed by atoms with Gasteiger partial charge in [-0.05, 0) is 34.9 Å². The van der Waals surface area contributed by atoms with E-state index in [-0.39, 0.29) is 6.04 Å². The number of rotatable bonds is 5. The molecule has 4 rings (SSSR count). The maximum Gasteiger partial charge on any atom is 0.240 e. The van der Waals surface area contributed by atoms with Gasteiger partial charge in [0.25, 0.3) is 0 Å². The number of likely N-dealkylation sites (tertiary alicyclic amines) is 1. The fraction of sp³-hybridized carbons (Fsp3) is 0.238. The van der Waals surface area contributed by atoms with Crippen LogP contribution in [-0.4, -0.2) is 32.4 Å². The van der Waals surface area contributed by atoms with Gasteiger partial charge in [0.2, 0.25) is 10.0 Å². The summed E-state index contributed by atoms with van der Waals surface area (Å²) in [5, 5.41) is 1.98. The summed E-state index contributed by atoms with van der Waals surface area (Å²) in [7, 11) is -3.51. The lowest BCUT2D eigenvalue weighted by atomic mass is 10.1. The van der Waals surface area contributed by atoms with Crippen LogP contribution in [0.5, 0.6) is 0 Å². The minimum Gasteiger partial charge on any atom is -0.297 e. The van der Waals surface area contributed by atoms with Crippen molar-refractivity contribution in [1.29, 1.82) is 0 Å². The number of benzene rings is 3. The molecule has 0 spiro atoms. The lowest BCUT2D eigenvalue weighted by Gasteiger charge is -2.17. The zero-order valence-electron chi connectivity index (χ0n) is 14.5. The van der Waals surface area contributed by atoms with Gasteiger partial charge >= 0.3 is 0 Å². The van der Waals surface area contributed by atoms with Crippen LogP contribution in [-0.2, 0) is 16.6 Å². The van der Waals surface area contributed by atoms with Crippen LogP contribution in [0.3, 0.4) is 0 Å². The van der Waals surface area contributed by atoms with Gasteiger partial charge in [-0.25, -0.2) is 13.1 Å². The van der Waals surface area contributed by atoms with Crippen molar-refractivity contribution < 1.29 is 8.42 Å². The number of nitrogens with zero attached hydrogens (tertiary/aromatic N) is 1. The Kier molecular flexibility index (Phi) is 4.76. The Morgan fingerprint density at radius 1 is 0.923 bits per heavy atom. The van der Waals surface area contributed by atoms with Gasteiger partial charge in [0.1, 0.15) is 0 Å². The summed E-state index contributed by atoms with van der Waals surface area (Å²) in [5.41, 5.74) is 1.26. The molecule has 4 nitrogen and oxygen atoms in total. The quantitative estimate of drug-likeness (QED) is 0.753. The predicted molar refractivity (Wildman–Crippen MR) is 104 cm³/mol. The van der Waals surface area contributed by atoms with Crippen LogP contribution in [0.25, 0.3) is 10.8 Å². The molecule has 1 aliphatic rings. The van der Waals surface area contributed by atoms with Crippen molar-refractivity contribution in [3.63, 3.8) is 0 Å². The second kappa shape index (κ2) is 7.19. The molecule has 1 aliphatic heterocycles. The molecule has 1 fully saturated rings. The van der Waals surface area contributed by atoms with Crippen molar-refractivity contribution in [2.24, 2.45) is 0 Å². The lowest BCUT2D eigenvalue weighted by molar-refractivity contribution is 0.324. The van der Waals surface area contributed by atoms with Crippen LogP contribution in [0.15, 0.2) is 77.7 Å². The van der Waals surface area contributed by atoms with E-state index in [2.05, 4.69) is 21.8 Å². The van der Waals surface area contributed by atoms with E-state index >= 15 is 0 Å². The van der Waals surface area contributed by atoms with Gasteiger partial charge in [0.15, 0.2) is 0 Å². The zero-order valence-corrected chi connectivity index (χ0v) is 15.3. The zero-order chi connectivity index (χ0) is 18.0. The predicted octanol–water partition coefficient (Wildman–Crippen LogP) is 3.39. The molecule has 1 unspecified atom stereocenters. The number of hydrogen-bond donors (Lipinski definition) is 1. The molecule has 3 aromatic rings. The fourth-order valence-electron chi connectivity index (χ4n) is 3.54. The van der Waals surface area contributed by atoms with Crippen LogP contribution in [0.1, 0.15) is 12.0 Å². The Balaban J connectivity index is 1.44. The third-order valence-corrected chi connectivity index (χ3v) is 6.39.